The maximum absolute atomic E-state index is 10.9. The molecule has 0 saturated carbocycles. The van der Waals surface area contributed by atoms with E-state index in [1.807, 2.05) is 6.07 Å². The highest BCUT2D eigenvalue weighted by Gasteiger charge is 2.19. The summed E-state index contributed by atoms with van der Waals surface area (Å²) in [5.74, 6) is 0. The van der Waals surface area contributed by atoms with Gasteiger partial charge >= 0.3 is 0 Å². The number of halogens is 1. The Balaban J connectivity index is 2.07. The molecule has 1 aliphatic heterocycles. The lowest BCUT2D eigenvalue weighted by molar-refractivity contribution is -0.384. The minimum Gasteiger partial charge on any atom is -0.369 e. The van der Waals surface area contributed by atoms with Gasteiger partial charge in [0.1, 0.15) is 5.02 Å². The van der Waals surface area contributed by atoms with E-state index in [0.717, 1.165) is 44.8 Å². The molecule has 1 aromatic carbocycles. The van der Waals surface area contributed by atoms with Crippen LogP contribution in [-0.2, 0) is 0 Å². The fourth-order valence-electron chi connectivity index (χ4n) is 2.38. The highest BCUT2D eigenvalue weighted by molar-refractivity contribution is 6.32. The van der Waals surface area contributed by atoms with Crippen LogP contribution in [0, 0.1) is 10.1 Å². The molecule has 104 valence electrons. The number of nitro benzene ring substituents is 1. The molecule has 5 nitrogen and oxygen atoms in total. The molecule has 1 heterocycles. The standard InChI is InChI=1S/C13H18ClN3O2/c1-2-5-15-6-8-16(9-7-15)11-3-4-12(14)13(10-11)17(18)19/h3-4,10H,2,5-9H2,1H3. The summed E-state index contributed by atoms with van der Waals surface area (Å²) in [6.07, 6.45) is 1.16. The second-order valence-corrected chi connectivity index (χ2v) is 5.13. The number of nitro groups is 1. The highest BCUT2D eigenvalue weighted by atomic mass is 35.5. The van der Waals surface area contributed by atoms with Crippen molar-refractivity contribution in [2.24, 2.45) is 0 Å². The van der Waals surface area contributed by atoms with E-state index in [1.165, 1.54) is 0 Å². The maximum Gasteiger partial charge on any atom is 0.289 e. The third-order valence-corrected chi connectivity index (χ3v) is 3.72. The van der Waals surface area contributed by atoms with E-state index in [1.54, 1.807) is 12.1 Å². The molecule has 0 aromatic heterocycles. The molecule has 19 heavy (non-hydrogen) atoms. The third kappa shape index (κ3) is 3.36. The van der Waals surface area contributed by atoms with E-state index in [9.17, 15) is 10.1 Å². The van der Waals surface area contributed by atoms with Crippen molar-refractivity contribution in [3.63, 3.8) is 0 Å². The van der Waals surface area contributed by atoms with Crippen LogP contribution in [0.25, 0.3) is 0 Å². The van der Waals surface area contributed by atoms with Gasteiger partial charge in [0.15, 0.2) is 0 Å². The number of anilines is 1. The van der Waals surface area contributed by atoms with E-state index in [0.29, 0.717) is 0 Å². The third-order valence-electron chi connectivity index (χ3n) is 3.40. The Morgan fingerprint density at radius 2 is 2.00 bits per heavy atom. The van der Waals surface area contributed by atoms with Crippen LogP contribution in [0.3, 0.4) is 0 Å². The fraction of sp³-hybridized carbons (Fsp3) is 0.538. The van der Waals surface area contributed by atoms with Crippen LogP contribution in [0.4, 0.5) is 11.4 Å². The van der Waals surface area contributed by atoms with Gasteiger partial charge in [0.25, 0.3) is 5.69 Å². The van der Waals surface area contributed by atoms with Crippen molar-refractivity contribution in [3.8, 4) is 0 Å². The van der Waals surface area contributed by atoms with Crippen molar-refractivity contribution >= 4 is 23.0 Å². The van der Waals surface area contributed by atoms with Gasteiger partial charge in [-0.25, -0.2) is 0 Å². The molecule has 1 aromatic rings. The summed E-state index contributed by atoms with van der Waals surface area (Å²) >= 11 is 5.83. The van der Waals surface area contributed by atoms with Crippen LogP contribution < -0.4 is 4.90 Å². The SMILES string of the molecule is CCCN1CCN(c2ccc(Cl)c([N+](=O)[O-])c2)CC1. The first-order valence-electron chi connectivity index (χ1n) is 6.53. The van der Waals surface area contributed by atoms with E-state index in [2.05, 4.69) is 16.7 Å². The summed E-state index contributed by atoms with van der Waals surface area (Å²) in [5.41, 5.74) is 0.863. The van der Waals surface area contributed by atoms with Gasteiger partial charge in [-0.05, 0) is 25.1 Å². The number of benzene rings is 1. The Kier molecular flexibility index (Phi) is 4.61. The number of hydrogen-bond donors (Lipinski definition) is 0. The van der Waals surface area contributed by atoms with Crippen molar-refractivity contribution in [2.45, 2.75) is 13.3 Å². The van der Waals surface area contributed by atoms with Crippen molar-refractivity contribution in [1.82, 2.24) is 4.90 Å². The van der Waals surface area contributed by atoms with Gasteiger partial charge in [0.05, 0.1) is 4.92 Å². The van der Waals surface area contributed by atoms with Gasteiger partial charge in [-0.2, -0.15) is 0 Å². The average molecular weight is 284 g/mol. The van der Waals surface area contributed by atoms with E-state index in [4.69, 9.17) is 11.6 Å². The van der Waals surface area contributed by atoms with Crippen LogP contribution in [0.2, 0.25) is 5.02 Å². The van der Waals surface area contributed by atoms with Gasteiger partial charge < -0.3 is 4.90 Å². The van der Waals surface area contributed by atoms with Crippen LogP contribution in [0.15, 0.2) is 18.2 Å². The number of rotatable bonds is 4. The van der Waals surface area contributed by atoms with Gasteiger partial charge in [-0.3, -0.25) is 15.0 Å². The van der Waals surface area contributed by atoms with E-state index < -0.39 is 4.92 Å². The molecule has 1 fully saturated rings. The summed E-state index contributed by atoms with van der Waals surface area (Å²) in [6, 6.07) is 5.02. The zero-order valence-corrected chi connectivity index (χ0v) is 11.8. The predicted molar refractivity (Wildman–Crippen MR) is 77.1 cm³/mol. The van der Waals surface area contributed by atoms with Crippen LogP contribution >= 0.6 is 11.6 Å². The molecule has 0 radical (unpaired) electrons. The summed E-state index contributed by atoms with van der Waals surface area (Å²) in [4.78, 5) is 15.1. The summed E-state index contributed by atoms with van der Waals surface area (Å²) < 4.78 is 0. The Hall–Kier alpha value is -1.33. The van der Waals surface area contributed by atoms with Crippen LogP contribution in [-0.4, -0.2) is 42.5 Å². The Morgan fingerprint density at radius 3 is 2.58 bits per heavy atom. The minimum atomic E-state index is -0.431. The molecule has 0 spiro atoms. The number of piperazine rings is 1. The van der Waals surface area contributed by atoms with Crippen LogP contribution in [0.1, 0.15) is 13.3 Å². The molecule has 1 saturated heterocycles. The molecule has 0 atom stereocenters. The molecular formula is C13H18ClN3O2. The number of nitrogens with zero attached hydrogens (tertiary/aromatic N) is 3. The predicted octanol–water partition coefficient (Wildman–Crippen LogP) is 2.78. The average Bonchev–Trinajstić information content (AvgIpc) is 2.40. The molecule has 0 bridgehead atoms. The number of hydrogen-bond acceptors (Lipinski definition) is 4. The Labute approximate surface area is 117 Å². The highest BCUT2D eigenvalue weighted by Crippen LogP contribution is 2.29. The Bertz CT molecular complexity index is 459. The lowest BCUT2D eigenvalue weighted by Gasteiger charge is -2.35. The quantitative estimate of drug-likeness (QED) is 0.630. The van der Waals surface area contributed by atoms with Crippen LogP contribution in [0.5, 0.6) is 0 Å². The summed E-state index contributed by atoms with van der Waals surface area (Å²) in [5, 5.41) is 11.1. The fourth-order valence-corrected chi connectivity index (χ4v) is 2.57. The zero-order chi connectivity index (χ0) is 13.8. The van der Waals surface area contributed by atoms with E-state index in [-0.39, 0.29) is 10.7 Å². The Morgan fingerprint density at radius 1 is 1.32 bits per heavy atom. The molecule has 0 amide bonds. The molecular weight excluding hydrogens is 266 g/mol. The van der Waals surface area contributed by atoms with Gasteiger partial charge in [-0.15, -0.1) is 0 Å². The summed E-state index contributed by atoms with van der Waals surface area (Å²) in [7, 11) is 0. The molecule has 0 aliphatic carbocycles. The lowest BCUT2D eigenvalue weighted by atomic mass is 10.2. The normalized spacial score (nSPS) is 16.6. The molecule has 1 aliphatic rings. The van der Waals surface area contributed by atoms with Gasteiger partial charge in [0.2, 0.25) is 0 Å². The minimum absolute atomic E-state index is 0.0184. The van der Waals surface area contributed by atoms with Crippen molar-refractivity contribution in [1.29, 1.82) is 0 Å². The van der Waals surface area contributed by atoms with Crippen molar-refractivity contribution < 1.29 is 4.92 Å². The summed E-state index contributed by atoms with van der Waals surface area (Å²) in [6.45, 7) is 7.11. The smallest absolute Gasteiger partial charge is 0.289 e. The largest absolute Gasteiger partial charge is 0.369 e. The van der Waals surface area contributed by atoms with Gasteiger partial charge in [0, 0.05) is 37.9 Å². The lowest BCUT2D eigenvalue weighted by Crippen LogP contribution is -2.46. The first-order chi connectivity index (χ1) is 9.11. The molecule has 0 N–H and O–H groups in total. The topological polar surface area (TPSA) is 49.6 Å². The molecule has 0 unspecified atom stereocenters. The maximum atomic E-state index is 10.9. The second kappa shape index (κ2) is 6.21. The van der Waals surface area contributed by atoms with Crippen molar-refractivity contribution in [3.05, 3.63) is 33.3 Å². The van der Waals surface area contributed by atoms with E-state index >= 15 is 0 Å². The zero-order valence-electron chi connectivity index (χ0n) is 11.0. The molecule has 2 rings (SSSR count). The second-order valence-electron chi connectivity index (χ2n) is 4.72. The molecule has 6 heteroatoms. The first-order valence-corrected chi connectivity index (χ1v) is 6.91. The first kappa shape index (κ1) is 14.1. The van der Waals surface area contributed by atoms with Gasteiger partial charge in [-0.1, -0.05) is 18.5 Å². The van der Waals surface area contributed by atoms with Crippen molar-refractivity contribution in [2.75, 3.05) is 37.6 Å². The monoisotopic (exact) mass is 283 g/mol.